The van der Waals surface area contributed by atoms with Gasteiger partial charge >= 0.3 is 0 Å². The molecule has 0 unspecified atom stereocenters. The summed E-state index contributed by atoms with van der Waals surface area (Å²) in [5, 5.41) is 1.89. The van der Waals surface area contributed by atoms with E-state index in [0.717, 1.165) is 5.39 Å². The number of rotatable bonds is 5. The first-order chi connectivity index (χ1) is 14.7. The second-order valence-corrected chi connectivity index (χ2v) is 7.64. The molecule has 0 saturated carbocycles. The normalized spacial score (nSPS) is 11.5. The van der Waals surface area contributed by atoms with Crippen molar-refractivity contribution in [3.05, 3.63) is 87.7 Å². The number of nitrogens with zero attached hydrogens (tertiary/aromatic N) is 3. The van der Waals surface area contributed by atoms with Crippen LogP contribution < -0.4 is 11.1 Å². The lowest BCUT2D eigenvalue weighted by molar-refractivity contribution is 0.660. The summed E-state index contributed by atoms with van der Waals surface area (Å²) in [6.07, 6.45) is 1.66. The molecule has 0 amide bonds. The Morgan fingerprint density at radius 1 is 1.07 bits per heavy atom. The fourth-order valence-electron chi connectivity index (χ4n) is 3.40. The van der Waals surface area contributed by atoms with E-state index in [1.807, 2.05) is 36.4 Å². The van der Waals surface area contributed by atoms with Gasteiger partial charge in [-0.05, 0) is 24.3 Å². The van der Waals surface area contributed by atoms with Gasteiger partial charge in [0.15, 0.2) is 5.16 Å². The van der Waals surface area contributed by atoms with Crippen LogP contribution >= 0.6 is 11.8 Å². The first-order valence-corrected chi connectivity index (χ1v) is 10.3. The van der Waals surface area contributed by atoms with Crippen LogP contribution in [0.2, 0.25) is 0 Å². The zero-order valence-corrected chi connectivity index (χ0v) is 16.6. The quantitative estimate of drug-likeness (QED) is 0.266. The predicted molar refractivity (Wildman–Crippen MR) is 118 cm³/mol. The number of aromatic nitrogens is 4. The van der Waals surface area contributed by atoms with E-state index in [0.29, 0.717) is 45.3 Å². The van der Waals surface area contributed by atoms with Gasteiger partial charge in [-0.25, -0.2) is 9.97 Å². The first kappa shape index (κ1) is 18.4. The minimum atomic E-state index is -0.332. The number of hydrogen-bond acceptors (Lipinski definition) is 6. The van der Waals surface area contributed by atoms with E-state index in [4.69, 9.17) is 4.42 Å². The Morgan fingerprint density at radius 2 is 1.83 bits per heavy atom. The van der Waals surface area contributed by atoms with E-state index >= 15 is 0 Å². The molecule has 0 aliphatic heterocycles. The minimum Gasteiger partial charge on any atom is -0.449 e. The monoisotopic (exact) mass is 416 g/mol. The van der Waals surface area contributed by atoms with Crippen LogP contribution in [0.3, 0.4) is 0 Å². The Morgan fingerprint density at radius 3 is 2.67 bits per heavy atom. The number of para-hydroxylation sites is 2. The second kappa shape index (κ2) is 7.31. The van der Waals surface area contributed by atoms with E-state index in [2.05, 4.69) is 21.5 Å². The molecule has 3 aromatic heterocycles. The number of fused-ring (bicyclic) bond motifs is 4. The molecule has 8 heteroatoms. The summed E-state index contributed by atoms with van der Waals surface area (Å²) in [4.78, 5) is 37.4. The molecule has 0 saturated heterocycles. The molecule has 0 fully saturated rings. The van der Waals surface area contributed by atoms with Crippen molar-refractivity contribution in [1.29, 1.82) is 0 Å². The lowest BCUT2D eigenvalue weighted by Gasteiger charge is -2.11. The molecule has 1 N–H and O–H groups in total. The highest BCUT2D eigenvalue weighted by Gasteiger charge is 2.15. The summed E-state index contributed by atoms with van der Waals surface area (Å²) in [6.45, 7) is 4.08. The van der Waals surface area contributed by atoms with Gasteiger partial charge in [0, 0.05) is 11.9 Å². The number of benzene rings is 2. The second-order valence-electron chi connectivity index (χ2n) is 6.69. The maximum absolute atomic E-state index is 12.9. The van der Waals surface area contributed by atoms with Gasteiger partial charge in [-0.1, -0.05) is 42.1 Å². The highest BCUT2D eigenvalue weighted by molar-refractivity contribution is 7.98. The van der Waals surface area contributed by atoms with Crippen molar-refractivity contribution in [1.82, 2.24) is 19.5 Å². The molecule has 3 heterocycles. The minimum absolute atomic E-state index is 0.124. The number of aromatic amines is 1. The largest absolute Gasteiger partial charge is 0.449 e. The lowest BCUT2D eigenvalue weighted by atomic mass is 10.2. The topological polar surface area (TPSA) is 93.8 Å². The molecule has 30 heavy (non-hydrogen) atoms. The molecule has 0 radical (unpaired) electrons. The molecule has 0 bridgehead atoms. The number of H-pyrrole nitrogens is 1. The fraction of sp³-hybridized carbons (Fsp3) is 0.0909. The predicted octanol–water partition coefficient (Wildman–Crippen LogP) is 3.86. The van der Waals surface area contributed by atoms with Crippen molar-refractivity contribution in [2.45, 2.75) is 17.5 Å². The zero-order chi connectivity index (χ0) is 20.7. The third-order valence-electron chi connectivity index (χ3n) is 4.76. The summed E-state index contributed by atoms with van der Waals surface area (Å²) in [7, 11) is 0. The van der Waals surface area contributed by atoms with Crippen LogP contribution in [0.15, 0.2) is 80.3 Å². The maximum atomic E-state index is 12.9. The van der Waals surface area contributed by atoms with Crippen LogP contribution in [0.1, 0.15) is 5.82 Å². The van der Waals surface area contributed by atoms with Crippen molar-refractivity contribution < 1.29 is 4.42 Å². The highest BCUT2D eigenvalue weighted by atomic mass is 32.2. The molecule has 0 aliphatic carbocycles. The molecule has 0 aliphatic rings. The van der Waals surface area contributed by atoms with Crippen molar-refractivity contribution >= 4 is 44.7 Å². The summed E-state index contributed by atoms with van der Waals surface area (Å²) >= 11 is 1.34. The van der Waals surface area contributed by atoms with Gasteiger partial charge in [0.05, 0.1) is 16.7 Å². The number of hydrogen-bond donors (Lipinski definition) is 1. The summed E-state index contributed by atoms with van der Waals surface area (Å²) in [5.41, 5.74) is 1.52. The van der Waals surface area contributed by atoms with Gasteiger partial charge in [-0.2, -0.15) is 0 Å². The molecule has 148 valence electrons. The van der Waals surface area contributed by atoms with Crippen LogP contribution in [0.25, 0.3) is 33.0 Å². The molecule has 5 rings (SSSR count). The van der Waals surface area contributed by atoms with Crippen molar-refractivity contribution in [2.24, 2.45) is 0 Å². The molecular weight excluding hydrogens is 400 g/mol. The smallest absolute Gasteiger partial charge is 0.294 e. The van der Waals surface area contributed by atoms with Crippen molar-refractivity contribution in [3.8, 4) is 0 Å². The summed E-state index contributed by atoms with van der Waals surface area (Å²) in [6, 6.07) is 14.6. The Hall–Kier alpha value is -3.65. The van der Waals surface area contributed by atoms with Crippen LogP contribution in [-0.4, -0.2) is 19.5 Å². The molecular formula is C22H16N4O3S. The van der Waals surface area contributed by atoms with Gasteiger partial charge in [0.25, 0.3) is 11.1 Å². The Balaban J connectivity index is 1.57. The van der Waals surface area contributed by atoms with E-state index in [1.54, 1.807) is 22.8 Å². The standard InChI is InChI=1S/C22H16N4O3S/c1-2-11-26-21(28)13-7-3-5-9-15(13)23-22(26)30-12-17-24-18-14-8-4-6-10-16(14)29-19(18)20(27)25-17/h2-10H,1,11-12H2,(H,24,25,27). The van der Waals surface area contributed by atoms with E-state index in [-0.39, 0.29) is 16.7 Å². The summed E-state index contributed by atoms with van der Waals surface area (Å²) in [5.74, 6) is 0.823. The third kappa shape index (κ3) is 3.02. The lowest BCUT2D eigenvalue weighted by Crippen LogP contribution is -2.22. The average molecular weight is 416 g/mol. The molecule has 7 nitrogen and oxygen atoms in total. The summed E-state index contributed by atoms with van der Waals surface area (Å²) < 4.78 is 7.21. The SMILES string of the molecule is C=CCn1c(SCc2nc3c(oc4ccccc43)c(=O)[nH]2)nc2ccccc2c1=O. The third-order valence-corrected chi connectivity index (χ3v) is 5.74. The van der Waals surface area contributed by atoms with E-state index in [9.17, 15) is 9.59 Å². The number of allylic oxidation sites excluding steroid dienone is 1. The fourth-order valence-corrected chi connectivity index (χ4v) is 4.28. The first-order valence-electron chi connectivity index (χ1n) is 9.29. The molecule has 5 aromatic rings. The van der Waals surface area contributed by atoms with Gasteiger partial charge in [-0.15, -0.1) is 6.58 Å². The van der Waals surface area contributed by atoms with Gasteiger partial charge in [0.2, 0.25) is 5.58 Å². The van der Waals surface area contributed by atoms with E-state index < -0.39 is 0 Å². The number of furan rings is 1. The number of nitrogens with one attached hydrogen (secondary N) is 1. The van der Waals surface area contributed by atoms with Crippen LogP contribution in [0.5, 0.6) is 0 Å². The van der Waals surface area contributed by atoms with Crippen molar-refractivity contribution in [3.63, 3.8) is 0 Å². The maximum Gasteiger partial charge on any atom is 0.294 e. The van der Waals surface area contributed by atoms with Gasteiger partial charge in [0.1, 0.15) is 16.9 Å². The highest BCUT2D eigenvalue weighted by Crippen LogP contribution is 2.26. The van der Waals surface area contributed by atoms with Crippen LogP contribution in [0.4, 0.5) is 0 Å². The van der Waals surface area contributed by atoms with Gasteiger partial charge < -0.3 is 9.40 Å². The Kier molecular flexibility index (Phi) is 4.48. The molecule has 2 aromatic carbocycles. The van der Waals surface area contributed by atoms with E-state index in [1.165, 1.54) is 11.8 Å². The van der Waals surface area contributed by atoms with Crippen LogP contribution in [-0.2, 0) is 12.3 Å². The zero-order valence-electron chi connectivity index (χ0n) is 15.8. The molecule has 0 spiro atoms. The number of thioether (sulfide) groups is 1. The Labute approximate surface area is 174 Å². The van der Waals surface area contributed by atoms with Crippen molar-refractivity contribution in [2.75, 3.05) is 0 Å². The van der Waals surface area contributed by atoms with Gasteiger partial charge in [-0.3, -0.25) is 14.2 Å². The molecule has 0 atom stereocenters. The van der Waals surface area contributed by atoms with Crippen LogP contribution in [0, 0.1) is 0 Å². The average Bonchev–Trinajstić information content (AvgIpc) is 3.14. The Bertz CT molecular complexity index is 1550.